The average Bonchev–Trinajstić information content (AvgIpc) is 3.02. The summed E-state index contributed by atoms with van der Waals surface area (Å²) in [5.41, 5.74) is 2.65. The van der Waals surface area contributed by atoms with E-state index < -0.39 is 10.0 Å². The van der Waals surface area contributed by atoms with E-state index in [0.717, 1.165) is 22.9 Å². The summed E-state index contributed by atoms with van der Waals surface area (Å²) in [6.07, 6.45) is 0. The molecule has 0 bridgehead atoms. The monoisotopic (exact) mass is 371 g/mol. The van der Waals surface area contributed by atoms with Gasteiger partial charge in [0.2, 0.25) is 10.0 Å². The number of fused-ring (bicyclic) bond motifs is 1. The molecule has 0 amide bonds. The average molecular weight is 371 g/mol. The van der Waals surface area contributed by atoms with Gasteiger partial charge in [-0.05, 0) is 26.0 Å². The molecule has 2 aromatic heterocycles. The zero-order chi connectivity index (χ0) is 18.3. The molecular formula is C18H21N5O2S. The first-order chi connectivity index (χ1) is 12.4. The molecule has 1 aliphatic rings. The Morgan fingerprint density at radius 3 is 2.31 bits per heavy atom. The molecule has 3 aromatic rings. The maximum absolute atomic E-state index is 12.8. The lowest BCUT2D eigenvalue weighted by Gasteiger charge is -2.35. The first-order valence-electron chi connectivity index (χ1n) is 8.59. The lowest BCUT2D eigenvalue weighted by Crippen LogP contribution is -2.49. The van der Waals surface area contributed by atoms with Crippen molar-refractivity contribution in [3.8, 4) is 0 Å². The number of aromatic nitrogens is 3. The molecule has 0 N–H and O–H groups in total. The van der Waals surface area contributed by atoms with Gasteiger partial charge in [-0.25, -0.2) is 13.4 Å². The highest BCUT2D eigenvalue weighted by molar-refractivity contribution is 7.89. The van der Waals surface area contributed by atoms with Crippen LogP contribution in [0.3, 0.4) is 0 Å². The molecule has 4 rings (SSSR count). The van der Waals surface area contributed by atoms with Crippen LogP contribution in [-0.4, -0.2) is 53.5 Å². The summed E-state index contributed by atoms with van der Waals surface area (Å²) in [4.78, 5) is 7.03. The van der Waals surface area contributed by atoms with Crippen molar-refractivity contribution in [3.05, 3.63) is 53.9 Å². The number of nitrogens with zero attached hydrogens (tertiary/aromatic N) is 5. The number of benzene rings is 1. The van der Waals surface area contributed by atoms with Crippen LogP contribution < -0.4 is 4.90 Å². The van der Waals surface area contributed by atoms with Crippen LogP contribution in [0.15, 0.2) is 47.4 Å². The third kappa shape index (κ3) is 2.95. The molecule has 0 radical (unpaired) electrons. The first kappa shape index (κ1) is 17.0. The zero-order valence-corrected chi connectivity index (χ0v) is 15.6. The van der Waals surface area contributed by atoms with Crippen molar-refractivity contribution in [3.63, 3.8) is 0 Å². The highest BCUT2D eigenvalue weighted by atomic mass is 32.2. The lowest BCUT2D eigenvalue weighted by atomic mass is 10.3. The molecule has 136 valence electrons. The fourth-order valence-electron chi connectivity index (χ4n) is 3.32. The number of hydrogen-bond donors (Lipinski definition) is 0. The van der Waals surface area contributed by atoms with Crippen LogP contribution in [0.5, 0.6) is 0 Å². The highest BCUT2D eigenvalue weighted by Gasteiger charge is 2.29. The molecule has 0 atom stereocenters. The smallest absolute Gasteiger partial charge is 0.243 e. The topological polar surface area (TPSA) is 70.8 Å². The number of rotatable bonds is 3. The van der Waals surface area contributed by atoms with Gasteiger partial charge in [-0.1, -0.05) is 18.2 Å². The van der Waals surface area contributed by atoms with Crippen LogP contribution in [0.25, 0.3) is 5.65 Å². The molecule has 1 fully saturated rings. The van der Waals surface area contributed by atoms with E-state index in [1.54, 1.807) is 28.6 Å². The van der Waals surface area contributed by atoms with Gasteiger partial charge in [-0.2, -0.15) is 13.9 Å². The SMILES string of the molecule is Cc1cc(N2CCN(S(=O)(=O)c3ccccc3)CC2)n2nc(C)cc2n1. The highest BCUT2D eigenvalue weighted by Crippen LogP contribution is 2.22. The van der Waals surface area contributed by atoms with E-state index in [2.05, 4.69) is 15.0 Å². The molecule has 3 heterocycles. The number of hydrogen-bond acceptors (Lipinski definition) is 5. The molecule has 1 aliphatic heterocycles. The number of anilines is 1. The largest absolute Gasteiger partial charge is 0.354 e. The summed E-state index contributed by atoms with van der Waals surface area (Å²) < 4.78 is 29.0. The molecule has 7 nitrogen and oxygen atoms in total. The van der Waals surface area contributed by atoms with Crippen LogP contribution in [0.1, 0.15) is 11.4 Å². The molecule has 8 heteroatoms. The second-order valence-electron chi connectivity index (χ2n) is 6.52. The Kier molecular flexibility index (Phi) is 4.16. The van der Waals surface area contributed by atoms with Crippen molar-refractivity contribution in [1.82, 2.24) is 18.9 Å². The molecule has 26 heavy (non-hydrogen) atoms. The second-order valence-corrected chi connectivity index (χ2v) is 8.45. The fourth-order valence-corrected chi connectivity index (χ4v) is 4.76. The van der Waals surface area contributed by atoms with Gasteiger partial charge >= 0.3 is 0 Å². The van der Waals surface area contributed by atoms with E-state index in [4.69, 9.17) is 0 Å². The first-order valence-corrected chi connectivity index (χ1v) is 10.0. The van der Waals surface area contributed by atoms with E-state index in [-0.39, 0.29) is 0 Å². The molecule has 0 spiro atoms. The van der Waals surface area contributed by atoms with E-state index in [1.807, 2.05) is 36.6 Å². The van der Waals surface area contributed by atoms with Crippen molar-refractivity contribution in [2.75, 3.05) is 31.1 Å². The standard InChI is InChI=1S/C18H21N5O2S/c1-14-13-18(23-17(19-14)12-15(2)20-23)21-8-10-22(11-9-21)26(24,25)16-6-4-3-5-7-16/h3-7,12-13H,8-11H2,1-2H3. The quantitative estimate of drug-likeness (QED) is 0.703. The van der Waals surface area contributed by atoms with Crippen LogP contribution in [-0.2, 0) is 10.0 Å². The summed E-state index contributed by atoms with van der Waals surface area (Å²) in [6.45, 7) is 6.02. The minimum Gasteiger partial charge on any atom is -0.354 e. The normalized spacial score (nSPS) is 16.3. The van der Waals surface area contributed by atoms with Crippen LogP contribution in [0, 0.1) is 13.8 Å². The molecule has 0 saturated carbocycles. The van der Waals surface area contributed by atoms with Gasteiger partial charge in [0.1, 0.15) is 5.82 Å². The van der Waals surface area contributed by atoms with Crippen LogP contribution >= 0.6 is 0 Å². The minimum atomic E-state index is -3.44. The third-order valence-corrected chi connectivity index (χ3v) is 6.52. The van der Waals surface area contributed by atoms with Gasteiger partial charge in [0.25, 0.3) is 0 Å². The Hall–Kier alpha value is -2.45. The predicted molar refractivity (Wildman–Crippen MR) is 99.9 cm³/mol. The fraction of sp³-hybridized carbons (Fsp3) is 0.333. The Bertz CT molecular complexity index is 1040. The lowest BCUT2D eigenvalue weighted by molar-refractivity contribution is 0.383. The van der Waals surface area contributed by atoms with Crippen molar-refractivity contribution in [1.29, 1.82) is 0 Å². The van der Waals surface area contributed by atoms with E-state index in [9.17, 15) is 8.42 Å². The van der Waals surface area contributed by atoms with Gasteiger partial charge in [0.05, 0.1) is 10.6 Å². The maximum Gasteiger partial charge on any atom is 0.243 e. The van der Waals surface area contributed by atoms with E-state index in [1.165, 1.54) is 0 Å². The van der Waals surface area contributed by atoms with Crippen molar-refractivity contribution in [2.45, 2.75) is 18.7 Å². The summed E-state index contributed by atoms with van der Waals surface area (Å²) in [7, 11) is -3.44. The van der Waals surface area contributed by atoms with Gasteiger partial charge in [-0.15, -0.1) is 0 Å². The van der Waals surface area contributed by atoms with Crippen molar-refractivity contribution >= 4 is 21.5 Å². The molecular weight excluding hydrogens is 350 g/mol. The van der Waals surface area contributed by atoms with Gasteiger partial charge in [0, 0.05) is 44.0 Å². The van der Waals surface area contributed by atoms with Gasteiger partial charge in [-0.3, -0.25) is 0 Å². The summed E-state index contributed by atoms with van der Waals surface area (Å²) in [5, 5.41) is 4.53. The molecule has 1 saturated heterocycles. The van der Waals surface area contributed by atoms with Crippen molar-refractivity contribution in [2.24, 2.45) is 0 Å². The van der Waals surface area contributed by atoms with Crippen LogP contribution in [0.2, 0.25) is 0 Å². The van der Waals surface area contributed by atoms with E-state index >= 15 is 0 Å². The van der Waals surface area contributed by atoms with Gasteiger partial charge in [0.15, 0.2) is 5.65 Å². The zero-order valence-electron chi connectivity index (χ0n) is 14.8. The Labute approximate surface area is 152 Å². The van der Waals surface area contributed by atoms with Crippen LogP contribution in [0.4, 0.5) is 5.82 Å². The van der Waals surface area contributed by atoms with Gasteiger partial charge < -0.3 is 4.90 Å². The Balaban J connectivity index is 1.58. The minimum absolute atomic E-state index is 0.346. The van der Waals surface area contributed by atoms with Crippen molar-refractivity contribution < 1.29 is 8.42 Å². The molecule has 1 aromatic carbocycles. The molecule has 0 aliphatic carbocycles. The third-order valence-electron chi connectivity index (χ3n) is 4.60. The summed E-state index contributed by atoms with van der Waals surface area (Å²) >= 11 is 0. The summed E-state index contributed by atoms with van der Waals surface area (Å²) in [6, 6.07) is 12.6. The van der Waals surface area contributed by atoms with E-state index in [0.29, 0.717) is 31.1 Å². The predicted octanol–water partition coefficient (Wildman–Crippen LogP) is 1.86. The number of piperazine rings is 1. The second kappa shape index (κ2) is 6.37. The summed E-state index contributed by atoms with van der Waals surface area (Å²) in [5.74, 6) is 0.956. The Morgan fingerprint density at radius 2 is 1.62 bits per heavy atom. The Morgan fingerprint density at radius 1 is 0.923 bits per heavy atom. The molecule has 0 unspecified atom stereocenters. The number of sulfonamides is 1. The number of aryl methyl sites for hydroxylation is 2. The maximum atomic E-state index is 12.8.